The second kappa shape index (κ2) is 6.58. The third-order valence-corrected chi connectivity index (χ3v) is 3.60. The highest BCUT2D eigenvalue weighted by Gasteiger charge is 2.35. The second-order valence-corrected chi connectivity index (χ2v) is 5.20. The molecule has 1 aliphatic rings. The fourth-order valence-electron chi connectivity index (χ4n) is 2.22. The van der Waals surface area contributed by atoms with Crippen LogP contribution in [-0.2, 0) is 14.4 Å². The number of halogens is 1. The van der Waals surface area contributed by atoms with E-state index in [4.69, 9.17) is 16.7 Å². The van der Waals surface area contributed by atoms with Crippen molar-refractivity contribution in [2.75, 3.05) is 18.0 Å². The molecule has 0 saturated carbocycles. The van der Waals surface area contributed by atoms with Crippen molar-refractivity contribution < 1.29 is 19.5 Å². The van der Waals surface area contributed by atoms with Crippen molar-refractivity contribution >= 4 is 35.1 Å². The number of aliphatic carboxylic acids is 1. The van der Waals surface area contributed by atoms with Crippen LogP contribution in [0.2, 0.25) is 5.02 Å². The average molecular weight is 311 g/mol. The summed E-state index contributed by atoms with van der Waals surface area (Å²) in [5.74, 6) is -1.93. The number of hydrogen-bond donors (Lipinski definition) is 2. The van der Waals surface area contributed by atoms with E-state index >= 15 is 0 Å². The van der Waals surface area contributed by atoms with Crippen LogP contribution in [0.3, 0.4) is 0 Å². The standard InChI is InChI=1S/C14H15ClN2O4/c15-10-3-1-2-4-11(10)17-8-9(7-12(17)18)14(21)16-6-5-13(19)20/h1-4,9H,5-8H2,(H,16,21)(H,19,20). The van der Waals surface area contributed by atoms with Crippen LogP contribution in [0.25, 0.3) is 0 Å². The first kappa shape index (κ1) is 15.3. The van der Waals surface area contributed by atoms with E-state index in [1.54, 1.807) is 24.3 Å². The summed E-state index contributed by atoms with van der Waals surface area (Å²) in [4.78, 5) is 35.8. The number of anilines is 1. The van der Waals surface area contributed by atoms with E-state index in [0.29, 0.717) is 10.7 Å². The summed E-state index contributed by atoms with van der Waals surface area (Å²) >= 11 is 6.06. The number of carbonyl (C=O) groups is 3. The van der Waals surface area contributed by atoms with Crippen LogP contribution in [0.5, 0.6) is 0 Å². The van der Waals surface area contributed by atoms with Gasteiger partial charge < -0.3 is 15.3 Å². The Balaban J connectivity index is 1.98. The van der Waals surface area contributed by atoms with E-state index in [0.717, 1.165) is 0 Å². The lowest BCUT2D eigenvalue weighted by molar-refractivity contribution is -0.137. The topological polar surface area (TPSA) is 86.7 Å². The van der Waals surface area contributed by atoms with Crippen LogP contribution in [-0.4, -0.2) is 36.0 Å². The minimum Gasteiger partial charge on any atom is -0.481 e. The molecule has 1 saturated heterocycles. The lowest BCUT2D eigenvalue weighted by Gasteiger charge is -2.17. The molecule has 1 atom stereocenters. The van der Waals surface area contributed by atoms with E-state index in [1.165, 1.54) is 4.90 Å². The molecule has 0 aliphatic carbocycles. The molecule has 6 nitrogen and oxygen atoms in total. The van der Waals surface area contributed by atoms with E-state index < -0.39 is 11.9 Å². The number of amides is 2. The Hall–Kier alpha value is -2.08. The molecule has 0 aromatic heterocycles. The smallest absolute Gasteiger partial charge is 0.305 e. The largest absolute Gasteiger partial charge is 0.481 e. The van der Waals surface area contributed by atoms with Crippen LogP contribution >= 0.6 is 11.6 Å². The Morgan fingerprint density at radius 3 is 2.76 bits per heavy atom. The highest BCUT2D eigenvalue weighted by molar-refractivity contribution is 6.33. The molecule has 2 N–H and O–H groups in total. The van der Waals surface area contributed by atoms with E-state index in [-0.39, 0.29) is 37.7 Å². The Bertz CT molecular complexity index is 576. The Labute approximate surface area is 126 Å². The van der Waals surface area contributed by atoms with Gasteiger partial charge in [0.15, 0.2) is 0 Å². The molecule has 1 aliphatic heterocycles. The van der Waals surface area contributed by atoms with E-state index in [1.807, 2.05) is 0 Å². The number of carboxylic acids is 1. The van der Waals surface area contributed by atoms with Crippen molar-refractivity contribution in [1.29, 1.82) is 0 Å². The average Bonchev–Trinajstić information content (AvgIpc) is 2.81. The van der Waals surface area contributed by atoms with Gasteiger partial charge in [0.05, 0.1) is 23.0 Å². The molecule has 1 unspecified atom stereocenters. The van der Waals surface area contributed by atoms with Gasteiger partial charge in [-0.05, 0) is 12.1 Å². The van der Waals surface area contributed by atoms with Gasteiger partial charge in [-0.1, -0.05) is 23.7 Å². The van der Waals surface area contributed by atoms with Crippen LogP contribution in [0.1, 0.15) is 12.8 Å². The van der Waals surface area contributed by atoms with Crippen molar-refractivity contribution in [3.63, 3.8) is 0 Å². The quantitative estimate of drug-likeness (QED) is 0.858. The lowest BCUT2D eigenvalue weighted by atomic mass is 10.1. The SMILES string of the molecule is O=C(O)CCNC(=O)C1CC(=O)N(c2ccccc2Cl)C1. The Kier molecular flexibility index (Phi) is 4.80. The number of hydrogen-bond acceptors (Lipinski definition) is 3. The molecule has 0 spiro atoms. The summed E-state index contributed by atoms with van der Waals surface area (Å²) < 4.78 is 0. The summed E-state index contributed by atoms with van der Waals surface area (Å²) in [6.07, 6.45) is -0.0369. The molecular weight excluding hydrogens is 296 g/mol. The molecule has 1 fully saturated rings. The monoisotopic (exact) mass is 310 g/mol. The number of rotatable bonds is 5. The van der Waals surface area contributed by atoms with Gasteiger partial charge in [-0.3, -0.25) is 14.4 Å². The van der Waals surface area contributed by atoms with Gasteiger partial charge in [0.2, 0.25) is 11.8 Å². The van der Waals surface area contributed by atoms with Crippen LogP contribution in [0.15, 0.2) is 24.3 Å². The van der Waals surface area contributed by atoms with Gasteiger partial charge in [0.1, 0.15) is 0 Å². The zero-order valence-corrected chi connectivity index (χ0v) is 12.0. The third kappa shape index (κ3) is 3.72. The highest BCUT2D eigenvalue weighted by Crippen LogP contribution is 2.30. The van der Waals surface area contributed by atoms with Crippen LogP contribution in [0, 0.1) is 5.92 Å². The molecule has 1 aromatic carbocycles. The predicted octanol–water partition coefficient (Wildman–Crippen LogP) is 1.28. The second-order valence-electron chi connectivity index (χ2n) is 4.79. The number of carbonyl (C=O) groups excluding carboxylic acids is 2. The number of benzene rings is 1. The molecule has 1 heterocycles. The van der Waals surface area contributed by atoms with Gasteiger partial charge in [0.25, 0.3) is 0 Å². The first-order valence-electron chi connectivity index (χ1n) is 6.53. The Morgan fingerprint density at radius 2 is 2.10 bits per heavy atom. The normalized spacial score (nSPS) is 17.9. The maximum atomic E-state index is 12.0. The van der Waals surface area contributed by atoms with Gasteiger partial charge in [-0.25, -0.2) is 0 Å². The van der Waals surface area contributed by atoms with Crippen molar-refractivity contribution in [3.8, 4) is 0 Å². The maximum Gasteiger partial charge on any atom is 0.305 e. The molecule has 21 heavy (non-hydrogen) atoms. The minimum atomic E-state index is -0.976. The van der Waals surface area contributed by atoms with Crippen molar-refractivity contribution in [3.05, 3.63) is 29.3 Å². The van der Waals surface area contributed by atoms with E-state index in [9.17, 15) is 14.4 Å². The van der Waals surface area contributed by atoms with Crippen molar-refractivity contribution in [1.82, 2.24) is 5.32 Å². The first-order chi connectivity index (χ1) is 9.99. The number of para-hydroxylation sites is 1. The van der Waals surface area contributed by atoms with Gasteiger partial charge in [-0.15, -0.1) is 0 Å². The van der Waals surface area contributed by atoms with Crippen molar-refractivity contribution in [2.24, 2.45) is 5.92 Å². The number of nitrogens with zero attached hydrogens (tertiary/aromatic N) is 1. The van der Waals surface area contributed by atoms with E-state index in [2.05, 4.69) is 5.32 Å². The fourth-order valence-corrected chi connectivity index (χ4v) is 2.46. The third-order valence-electron chi connectivity index (χ3n) is 3.28. The number of nitrogens with one attached hydrogen (secondary N) is 1. The van der Waals surface area contributed by atoms with Gasteiger partial charge in [0, 0.05) is 19.5 Å². The molecule has 2 rings (SSSR count). The maximum absolute atomic E-state index is 12.0. The summed E-state index contributed by atoms with van der Waals surface area (Å²) in [6, 6.07) is 6.95. The fraction of sp³-hybridized carbons (Fsp3) is 0.357. The molecule has 2 amide bonds. The van der Waals surface area contributed by atoms with Crippen molar-refractivity contribution in [2.45, 2.75) is 12.8 Å². The van der Waals surface area contributed by atoms with Crippen LogP contribution in [0.4, 0.5) is 5.69 Å². The molecular formula is C14H15ClN2O4. The molecule has 7 heteroatoms. The molecule has 1 aromatic rings. The zero-order chi connectivity index (χ0) is 15.4. The molecule has 112 valence electrons. The first-order valence-corrected chi connectivity index (χ1v) is 6.91. The number of carboxylic acid groups (broad SMARTS) is 1. The molecule has 0 radical (unpaired) electrons. The highest BCUT2D eigenvalue weighted by atomic mass is 35.5. The minimum absolute atomic E-state index is 0.0605. The summed E-state index contributed by atoms with van der Waals surface area (Å²) in [5, 5.41) is 11.5. The summed E-state index contributed by atoms with van der Waals surface area (Å²) in [7, 11) is 0. The zero-order valence-electron chi connectivity index (χ0n) is 11.2. The summed E-state index contributed by atoms with van der Waals surface area (Å²) in [6.45, 7) is 0.312. The predicted molar refractivity (Wildman–Crippen MR) is 77.2 cm³/mol. The lowest BCUT2D eigenvalue weighted by Crippen LogP contribution is -2.34. The summed E-state index contributed by atoms with van der Waals surface area (Å²) in [5.41, 5.74) is 0.588. The Morgan fingerprint density at radius 1 is 1.38 bits per heavy atom. The molecule has 0 bridgehead atoms. The van der Waals surface area contributed by atoms with Crippen LogP contribution < -0.4 is 10.2 Å². The van der Waals surface area contributed by atoms with Gasteiger partial charge >= 0.3 is 5.97 Å². The van der Waals surface area contributed by atoms with Gasteiger partial charge in [-0.2, -0.15) is 0 Å².